The molecule has 140 valence electrons. The van der Waals surface area contributed by atoms with Crippen LogP contribution in [0.4, 0.5) is 10.1 Å². The van der Waals surface area contributed by atoms with Crippen molar-refractivity contribution in [3.63, 3.8) is 0 Å². The molecule has 0 radical (unpaired) electrons. The van der Waals surface area contributed by atoms with Crippen molar-refractivity contribution < 1.29 is 9.18 Å². The normalized spacial score (nSPS) is 17.5. The van der Waals surface area contributed by atoms with Crippen LogP contribution in [0.5, 0.6) is 0 Å². The largest absolute Gasteiger partial charge is 0.348 e. The standard InChI is InChI=1S/C20H27FN4O/c21-17-5-3-7-18(12-17)24-20(26)9-11-25-10-8-16(14-25)4-1-2-6-19-13-22-15-23-19/h3,5,7,12-13,15-16H,1-2,4,6,8-11,14H2,(H,22,23)(H,24,26)/t16-/m0/s1. The molecule has 1 aromatic carbocycles. The molecule has 2 heterocycles. The second-order valence-electron chi connectivity index (χ2n) is 7.09. The van der Waals surface area contributed by atoms with Crippen molar-refractivity contribution in [3.8, 4) is 0 Å². The number of aromatic nitrogens is 2. The summed E-state index contributed by atoms with van der Waals surface area (Å²) in [6.07, 6.45) is 10.0. The summed E-state index contributed by atoms with van der Waals surface area (Å²) in [5, 5.41) is 2.76. The molecule has 0 bridgehead atoms. The van der Waals surface area contributed by atoms with Crippen molar-refractivity contribution in [3.05, 3.63) is 48.3 Å². The van der Waals surface area contributed by atoms with Gasteiger partial charge in [-0.2, -0.15) is 0 Å². The lowest BCUT2D eigenvalue weighted by Crippen LogP contribution is -2.26. The first-order valence-electron chi connectivity index (χ1n) is 9.44. The minimum Gasteiger partial charge on any atom is -0.348 e. The van der Waals surface area contributed by atoms with Gasteiger partial charge in [0.15, 0.2) is 0 Å². The van der Waals surface area contributed by atoms with E-state index in [1.807, 2.05) is 6.20 Å². The van der Waals surface area contributed by atoms with Crippen LogP contribution in [0.1, 0.15) is 37.8 Å². The van der Waals surface area contributed by atoms with Crippen molar-refractivity contribution in [2.75, 3.05) is 25.0 Å². The Hall–Kier alpha value is -2.21. The molecule has 0 saturated carbocycles. The fourth-order valence-corrected chi connectivity index (χ4v) is 3.57. The second kappa shape index (κ2) is 9.48. The van der Waals surface area contributed by atoms with Gasteiger partial charge in [-0.15, -0.1) is 0 Å². The number of imidazole rings is 1. The van der Waals surface area contributed by atoms with Crippen LogP contribution in [-0.4, -0.2) is 40.4 Å². The number of hydrogen-bond donors (Lipinski definition) is 2. The average Bonchev–Trinajstić information content (AvgIpc) is 3.29. The fraction of sp³-hybridized carbons (Fsp3) is 0.500. The van der Waals surface area contributed by atoms with E-state index in [4.69, 9.17) is 0 Å². The van der Waals surface area contributed by atoms with E-state index < -0.39 is 0 Å². The van der Waals surface area contributed by atoms with Crippen LogP contribution in [0.3, 0.4) is 0 Å². The third kappa shape index (κ3) is 5.95. The number of likely N-dealkylation sites (tertiary alicyclic amines) is 1. The maximum atomic E-state index is 13.1. The molecule has 1 aliphatic rings. The molecule has 1 atom stereocenters. The molecule has 6 heteroatoms. The van der Waals surface area contributed by atoms with Crippen LogP contribution in [0.25, 0.3) is 0 Å². The summed E-state index contributed by atoms with van der Waals surface area (Å²) in [7, 11) is 0. The number of hydrogen-bond acceptors (Lipinski definition) is 3. The number of unbranched alkanes of at least 4 members (excludes halogenated alkanes) is 1. The molecular formula is C20H27FN4O. The molecule has 0 spiro atoms. The molecule has 2 N–H and O–H groups in total. The summed E-state index contributed by atoms with van der Waals surface area (Å²) < 4.78 is 13.1. The highest BCUT2D eigenvalue weighted by atomic mass is 19.1. The van der Waals surface area contributed by atoms with Gasteiger partial charge in [0.05, 0.1) is 6.33 Å². The van der Waals surface area contributed by atoms with Crippen molar-refractivity contribution in [1.29, 1.82) is 0 Å². The topological polar surface area (TPSA) is 61.0 Å². The Labute approximate surface area is 154 Å². The molecule has 1 aliphatic heterocycles. The van der Waals surface area contributed by atoms with Crippen LogP contribution >= 0.6 is 0 Å². The minimum atomic E-state index is -0.335. The number of aromatic amines is 1. The molecular weight excluding hydrogens is 331 g/mol. The highest BCUT2D eigenvalue weighted by Gasteiger charge is 2.22. The first-order valence-corrected chi connectivity index (χ1v) is 9.44. The predicted octanol–water partition coefficient (Wildman–Crippen LogP) is 3.61. The van der Waals surface area contributed by atoms with E-state index in [-0.39, 0.29) is 11.7 Å². The van der Waals surface area contributed by atoms with Crippen LogP contribution < -0.4 is 5.32 Å². The molecule has 1 saturated heterocycles. The number of aryl methyl sites for hydroxylation is 1. The van der Waals surface area contributed by atoms with E-state index in [1.165, 1.54) is 43.5 Å². The lowest BCUT2D eigenvalue weighted by Gasteiger charge is -2.16. The van der Waals surface area contributed by atoms with Crippen LogP contribution in [0.2, 0.25) is 0 Å². The molecule has 0 aliphatic carbocycles. The zero-order valence-corrected chi connectivity index (χ0v) is 15.1. The van der Waals surface area contributed by atoms with Crippen LogP contribution in [0, 0.1) is 11.7 Å². The van der Waals surface area contributed by atoms with Gasteiger partial charge in [0.2, 0.25) is 5.91 Å². The Morgan fingerprint density at radius 3 is 3.12 bits per heavy atom. The summed E-state index contributed by atoms with van der Waals surface area (Å²) in [6, 6.07) is 6.01. The maximum Gasteiger partial charge on any atom is 0.225 e. The zero-order valence-electron chi connectivity index (χ0n) is 15.1. The number of nitrogens with one attached hydrogen (secondary N) is 2. The molecule has 3 rings (SSSR count). The number of H-pyrrole nitrogens is 1. The average molecular weight is 358 g/mol. The molecule has 1 aromatic heterocycles. The van der Waals surface area contributed by atoms with Gasteiger partial charge in [-0.1, -0.05) is 12.5 Å². The van der Waals surface area contributed by atoms with Crippen LogP contribution in [0.15, 0.2) is 36.8 Å². The number of carbonyl (C=O) groups excluding carboxylic acids is 1. The molecule has 26 heavy (non-hydrogen) atoms. The highest BCUT2D eigenvalue weighted by Crippen LogP contribution is 2.22. The Bertz CT molecular complexity index is 689. The molecule has 1 amide bonds. The van der Waals surface area contributed by atoms with Gasteiger partial charge in [-0.3, -0.25) is 4.79 Å². The quantitative estimate of drug-likeness (QED) is 0.673. The fourth-order valence-electron chi connectivity index (χ4n) is 3.57. The lowest BCUT2D eigenvalue weighted by atomic mass is 10.0. The van der Waals surface area contributed by atoms with E-state index in [0.29, 0.717) is 12.1 Å². The highest BCUT2D eigenvalue weighted by molar-refractivity contribution is 5.90. The Morgan fingerprint density at radius 2 is 2.31 bits per heavy atom. The SMILES string of the molecule is O=C(CCN1CC[C@H](CCCCc2cnc[nH]2)C1)Nc1cccc(F)c1. The van der Waals surface area contributed by atoms with Crippen LogP contribution in [-0.2, 0) is 11.2 Å². The van der Waals surface area contributed by atoms with Crippen molar-refractivity contribution in [2.45, 2.75) is 38.5 Å². The first kappa shape index (κ1) is 18.6. The van der Waals surface area contributed by atoms with E-state index in [9.17, 15) is 9.18 Å². The maximum absolute atomic E-state index is 13.1. The van der Waals surface area contributed by atoms with Gasteiger partial charge >= 0.3 is 0 Å². The van der Waals surface area contributed by atoms with Gasteiger partial charge in [0.25, 0.3) is 0 Å². The van der Waals surface area contributed by atoms with Gasteiger partial charge in [0, 0.05) is 37.1 Å². The number of rotatable bonds is 9. The number of benzene rings is 1. The number of anilines is 1. The monoisotopic (exact) mass is 358 g/mol. The lowest BCUT2D eigenvalue weighted by molar-refractivity contribution is -0.116. The zero-order chi connectivity index (χ0) is 18.2. The number of carbonyl (C=O) groups is 1. The summed E-state index contributed by atoms with van der Waals surface area (Å²) in [5.41, 5.74) is 1.73. The van der Waals surface area contributed by atoms with Crippen molar-refractivity contribution in [1.82, 2.24) is 14.9 Å². The minimum absolute atomic E-state index is 0.0568. The van der Waals surface area contributed by atoms with E-state index in [0.717, 1.165) is 32.0 Å². The Kier molecular flexibility index (Phi) is 6.77. The van der Waals surface area contributed by atoms with E-state index in [2.05, 4.69) is 20.2 Å². The molecule has 2 aromatic rings. The smallest absolute Gasteiger partial charge is 0.225 e. The second-order valence-corrected chi connectivity index (χ2v) is 7.09. The van der Waals surface area contributed by atoms with Crippen molar-refractivity contribution >= 4 is 11.6 Å². The Morgan fingerprint density at radius 1 is 1.38 bits per heavy atom. The third-order valence-electron chi connectivity index (χ3n) is 5.00. The number of amides is 1. The van der Waals surface area contributed by atoms with E-state index in [1.54, 1.807) is 18.5 Å². The summed E-state index contributed by atoms with van der Waals surface area (Å²) in [5.74, 6) is 0.347. The predicted molar refractivity (Wildman–Crippen MR) is 100 cm³/mol. The van der Waals surface area contributed by atoms with E-state index >= 15 is 0 Å². The van der Waals surface area contributed by atoms with Crippen molar-refractivity contribution in [2.24, 2.45) is 5.92 Å². The first-order chi connectivity index (χ1) is 12.7. The molecule has 5 nitrogen and oxygen atoms in total. The van der Waals surface area contributed by atoms with Gasteiger partial charge in [0.1, 0.15) is 5.82 Å². The Balaban J connectivity index is 1.28. The summed E-state index contributed by atoms with van der Waals surface area (Å²) in [4.78, 5) is 21.6. The summed E-state index contributed by atoms with van der Waals surface area (Å²) >= 11 is 0. The number of nitrogens with zero attached hydrogens (tertiary/aromatic N) is 2. The number of halogens is 1. The summed E-state index contributed by atoms with van der Waals surface area (Å²) in [6.45, 7) is 2.92. The third-order valence-corrected chi connectivity index (χ3v) is 5.00. The van der Waals surface area contributed by atoms with Gasteiger partial charge in [-0.25, -0.2) is 9.37 Å². The molecule has 1 fully saturated rings. The molecule has 0 unspecified atom stereocenters. The van der Waals surface area contributed by atoms with Gasteiger partial charge < -0.3 is 15.2 Å². The van der Waals surface area contributed by atoms with Gasteiger partial charge in [-0.05, 0) is 56.3 Å².